The van der Waals surface area contributed by atoms with E-state index in [0.717, 1.165) is 35.0 Å². The van der Waals surface area contributed by atoms with Crippen LogP contribution >= 0.6 is 23.5 Å². The molecule has 1 saturated heterocycles. The quantitative estimate of drug-likeness (QED) is 0.0701. The molecule has 4 aromatic rings. The summed E-state index contributed by atoms with van der Waals surface area (Å²) in [4.78, 5) is 45.1. The topological polar surface area (TPSA) is 259 Å². The fourth-order valence-electron chi connectivity index (χ4n) is 5.50. The Morgan fingerprint density at radius 1 is 0.841 bits per heavy atom. The molecule has 0 saturated carbocycles. The lowest BCUT2D eigenvalue weighted by molar-refractivity contribution is -0.274. The lowest BCUT2D eigenvalue weighted by Gasteiger charge is -2.19. The molecule has 4 aromatic carbocycles. The number of nitrogens with two attached hydrogens (primary N) is 2. The first kappa shape index (κ1) is 50.4. The van der Waals surface area contributed by atoms with Crippen molar-refractivity contribution in [1.82, 2.24) is 10.6 Å². The summed E-state index contributed by atoms with van der Waals surface area (Å²) >= 11 is 2.21. The molecule has 0 aromatic heterocycles. The maximum atomic E-state index is 14.0. The van der Waals surface area contributed by atoms with Crippen LogP contribution in [0.25, 0.3) is 0 Å². The van der Waals surface area contributed by atoms with Crippen LogP contribution < -0.4 is 35.1 Å². The Hall–Kier alpha value is -5.28. The van der Waals surface area contributed by atoms with Gasteiger partial charge in [-0.2, -0.15) is 28.6 Å². The minimum Gasteiger partial charge on any atom is -0.490 e. The van der Waals surface area contributed by atoms with E-state index >= 15 is 0 Å². The third-order valence-corrected chi connectivity index (χ3v) is 11.2. The number of nitrogens with one attached hydrogen (secondary N) is 2. The van der Waals surface area contributed by atoms with Crippen LogP contribution in [0, 0.1) is 5.82 Å². The predicted octanol–water partition coefficient (Wildman–Crippen LogP) is 4.53. The largest absolute Gasteiger partial charge is 0.573 e. The second-order valence-corrected chi connectivity index (χ2v) is 17.4. The van der Waals surface area contributed by atoms with Crippen LogP contribution in [-0.4, -0.2) is 76.6 Å². The average Bonchev–Trinajstić information content (AvgIpc) is 3.52. The number of alkyl halides is 3. The van der Waals surface area contributed by atoms with Crippen molar-refractivity contribution in [3.8, 4) is 17.2 Å². The molecule has 1 aliphatic heterocycles. The highest BCUT2D eigenvalue weighted by molar-refractivity contribution is 8.15. The molecular weight excluding hydrogens is 925 g/mol. The van der Waals surface area contributed by atoms with E-state index in [9.17, 15) is 53.6 Å². The van der Waals surface area contributed by atoms with Crippen molar-refractivity contribution in [3.63, 3.8) is 0 Å². The van der Waals surface area contributed by atoms with Gasteiger partial charge in [0.2, 0.25) is 18.2 Å². The average molecular weight is 963 g/mol. The van der Waals surface area contributed by atoms with Gasteiger partial charge in [0, 0.05) is 5.56 Å². The standard InChI is InChI=1S/C20H21F3N2O7S2.C18H17FN2O6S2/c1-33-18(19(27)25-12-26)9-13-5-7-15(8-6-13)30-11-17(32-34(24,28)29)14-3-2-4-16(10-14)31-20(21,22)23;19-14-4-2-1-3-13(14)15(27-29(20,24)25)10-26-12-7-5-11(6-8-12)9-16-17(22)21-18(23)28-16/h2-8,10,12,17-18H,9,11H2,1H3,(H2,24,28,29)(H,25,26,27);1-8,15-16H,9-10H2,(H2,20,24,25)(H,21,22,23). The first-order valence-corrected chi connectivity index (χ1v) is 23.0. The van der Waals surface area contributed by atoms with Gasteiger partial charge in [-0.25, -0.2) is 23.0 Å². The van der Waals surface area contributed by atoms with Gasteiger partial charge in [-0.3, -0.25) is 29.8 Å². The van der Waals surface area contributed by atoms with Crippen molar-refractivity contribution in [1.29, 1.82) is 0 Å². The smallest absolute Gasteiger partial charge is 0.490 e. The molecule has 63 heavy (non-hydrogen) atoms. The van der Waals surface area contributed by atoms with Gasteiger partial charge in [0.25, 0.3) is 5.24 Å². The van der Waals surface area contributed by atoms with E-state index in [4.69, 9.17) is 28.1 Å². The van der Waals surface area contributed by atoms with E-state index < -0.39 is 73.8 Å². The van der Waals surface area contributed by atoms with E-state index in [1.807, 2.05) is 0 Å². The number of carbonyl (C=O) groups is 4. The van der Waals surface area contributed by atoms with Crippen LogP contribution in [0.1, 0.15) is 34.5 Å². The number of imide groups is 2. The van der Waals surface area contributed by atoms with Gasteiger partial charge in [0.15, 0.2) is 0 Å². The zero-order chi connectivity index (χ0) is 46.4. The first-order chi connectivity index (χ1) is 29.6. The summed E-state index contributed by atoms with van der Waals surface area (Å²) in [5.41, 5.74) is 1.59. The second kappa shape index (κ2) is 22.9. The summed E-state index contributed by atoms with van der Waals surface area (Å²) in [7, 11) is -8.80. The maximum Gasteiger partial charge on any atom is 0.573 e. The zero-order valence-corrected chi connectivity index (χ0v) is 35.8. The number of thioether (sulfide) groups is 2. The Morgan fingerprint density at radius 3 is 1.94 bits per heavy atom. The molecule has 0 radical (unpaired) electrons. The molecule has 0 spiro atoms. The summed E-state index contributed by atoms with van der Waals surface area (Å²) in [5.74, 6) is -1.29. The predicted molar refractivity (Wildman–Crippen MR) is 221 cm³/mol. The lowest BCUT2D eigenvalue weighted by atomic mass is 10.1. The van der Waals surface area contributed by atoms with E-state index in [-0.39, 0.29) is 28.9 Å². The minimum absolute atomic E-state index is 0.00733. The highest BCUT2D eigenvalue weighted by atomic mass is 32.2. The lowest BCUT2D eigenvalue weighted by Crippen LogP contribution is -2.32. The third-order valence-electron chi connectivity index (χ3n) is 8.25. The highest BCUT2D eigenvalue weighted by Crippen LogP contribution is 2.29. The summed E-state index contributed by atoms with van der Waals surface area (Å²) in [6.07, 6.45) is -4.81. The van der Waals surface area contributed by atoms with E-state index in [0.29, 0.717) is 30.8 Å². The summed E-state index contributed by atoms with van der Waals surface area (Å²) in [6.45, 7) is -0.702. The molecule has 1 heterocycles. The molecular formula is C38H38F4N4O13S4. The van der Waals surface area contributed by atoms with E-state index in [1.54, 1.807) is 54.8 Å². The number of hydrogen-bond donors (Lipinski definition) is 4. The monoisotopic (exact) mass is 962 g/mol. The number of amides is 4. The number of rotatable bonds is 20. The SMILES string of the molecule is CSC(Cc1ccc(OCC(OS(N)(=O)=O)c2cccc(OC(F)(F)F)c2)cc1)C(=O)NC=O.NS(=O)(=O)OC(COc1ccc(CC2SC(=O)NC2=O)cc1)c1ccccc1F. The minimum atomic E-state index is -4.93. The van der Waals surface area contributed by atoms with Gasteiger partial charge in [-0.1, -0.05) is 66.4 Å². The Kier molecular flexibility index (Phi) is 18.3. The van der Waals surface area contributed by atoms with E-state index in [2.05, 4.69) is 15.4 Å². The number of benzene rings is 4. The molecule has 25 heteroatoms. The molecule has 5 rings (SSSR count). The van der Waals surface area contributed by atoms with Crippen molar-refractivity contribution < 1.29 is 76.2 Å². The van der Waals surface area contributed by atoms with Crippen LogP contribution in [0.3, 0.4) is 0 Å². The molecule has 4 unspecified atom stereocenters. The molecule has 0 bridgehead atoms. The molecule has 1 fully saturated rings. The first-order valence-electron chi connectivity index (χ1n) is 17.8. The van der Waals surface area contributed by atoms with Crippen molar-refractivity contribution in [3.05, 3.63) is 125 Å². The maximum absolute atomic E-state index is 14.0. The summed E-state index contributed by atoms with van der Waals surface area (Å²) in [6, 6.07) is 23.2. The van der Waals surface area contributed by atoms with Gasteiger partial charge in [-0.05, 0) is 78.3 Å². The van der Waals surface area contributed by atoms with Crippen molar-refractivity contribution >= 4 is 67.6 Å². The normalized spacial score (nSPS) is 15.5. The Bertz CT molecular complexity index is 2430. The van der Waals surface area contributed by atoms with Crippen LogP contribution in [0.4, 0.5) is 22.4 Å². The Morgan fingerprint density at radius 2 is 1.41 bits per heavy atom. The molecule has 4 amide bonds. The van der Waals surface area contributed by atoms with E-state index in [1.165, 1.54) is 48.2 Å². The van der Waals surface area contributed by atoms with Gasteiger partial charge in [-0.15, -0.1) is 13.2 Å². The molecule has 0 aliphatic carbocycles. The molecule has 1 aliphatic rings. The molecule has 17 nitrogen and oxygen atoms in total. The second-order valence-electron chi connectivity index (χ2n) is 12.8. The Balaban J connectivity index is 0.000000280. The van der Waals surface area contributed by atoms with Gasteiger partial charge in [0.1, 0.15) is 48.5 Å². The number of hydrogen-bond acceptors (Lipinski definition) is 15. The number of halogens is 4. The van der Waals surface area contributed by atoms with Gasteiger partial charge >= 0.3 is 27.0 Å². The molecule has 4 atom stereocenters. The van der Waals surface area contributed by atoms with Crippen LogP contribution in [0.15, 0.2) is 97.1 Å². The van der Waals surface area contributed by atoms with Crippen LogP contribution in [0.5, 0.6) is 17.2 Å². The molecule has 6 N–H and O–H groups in total. The summed E-state index contributed by atoms with van der Waals surface area (Å²) < 4.78 is 122. The Labute approximate surface area is 367 Å². The van der Waals surface area contributed by atoms with Crippen LogP contribution in [-0.2, 0) is 56.2 Å². The van der Waals surface area contributed by atoms with Gasteiger partial charge in [0.05, 0.1) is 10.5 Å². The van der Waals surface area contributed by atoms with Gasteiger partial charge < -0.3 is 14.2 Å². The number of carbonyl (C=O) groups excluding carboxylic acids is 4. The fraction of sp³-hybridized carbons (Fsp3) is 0.263. The van der Waals surface area contributed by atoms with Crippen molar-refractivity contribution in [2.75, 3.05) is 19.5 Å². The highest BCUT2D eigenvalue weighted by Gasteiger charge is 2.33. The fourth-order valence-corrected chi connectivity index (χ4v) is 7.97. The van der Waals surface area contributed by atoms with Crippen molar-refractivity contribution in [2.24, 2.45) is 10.3 Å². The van der Waals surface area contributed by atoms with Crippen molar-refractivity contribution in [2.45, 2.75) is 41.9 Å². The molecule has 340 valence electrons. The third kappa shape index (κ3) is 17.8. The van der Waals surface area contributed by atoms with Crippen LogP contribution in [0.2, 0.25) is 0 Å². The zero-order valence-electron chi connectivity index (χ0n) is 32.6. The summed E-state index contributed by atoms with van der Waals surface area (Å²) in [5, 5.41) is 12.8. The number of ether oxygens (including phenoxy) is 3.